The number of nitrogens with zero attached hydrogens (tertiary/aromatic N) is 3. The van der Waals surface area contributed by atoms with E-state index in [1.54, 1.807) is 17.2 Å². The Morgan fingerprint density at radius 2 is 1.87 bits per heavy atom. The molecule has 1 aromatic heterocycles. The van der Waals surface area contributed by atoms with E-state index >= 15 is 0 Å². The van der Waals surface area contributed by atoms with Crippen molar-refractivity contribution in [1.29, 1.82) is 0 Å². The van der Waals surface area contributed by atoms with Gasteiger partial charge in [-0.2, -0.15) is 0 Å². The fourth-order valence-corrected chi connectivity index (χ4v) is 4.31. The lowest BCUT2D eigenvalue weighted by molar-refractivity contribution is -0.117. The van der Waals surface area contributed by atoms with Gasteiger partial charge in [-0.1, -0.05) is 24.3 Å². The van der Waals surface area contributed by atoms with Crippen LogP contribution < -0.4 is 15.5 Å². The van der Waals surface area contributed by atoms with Gasteiger partial charge in [-0.25, -0.2) is 4.98 Å². The molecule has 0 radical (unpaired) electrons. The predicted molar refractivity (Wildman–Crippen MR) is 120 cm³/mol. The minimum absolute atomic E-state index is 0.0350. The molecule has 2 aliphatic heterocycles. The van der Waals surface area contributed by atoms with Crippen LogP contribution in [0.5, 0.6) is 0 Å². The van der Waals surface area contributed by atoms with E-state index in [2.05, 4.69) is 44.8 Å². The second-order valence-corrected chi connectivity index (χ2v) is 8.88. The highest BCUT2D eigenvalue weighted by molar-refractivity contribution is 6.04. The lowest BCUT2D eigenvalue weighted by atomic mass is 10.1. The number of carbonyl (C=O) groups is 2. The van der Waals surface area contributed by atoms with Gasteiger partial charge in [0.2, 0.25) is 5.91 Å². The average molecular weight is 420 g/mol. The Balaban J connectivity index is 1.21. The number of carbonyl (C=O) groups excluding carboxylic acids is 2. The van der Waals surface area contributed by atoms with Gasteiger partial charge in [-0.05, 0) is 61.9 Å². The van der Waals surface area contributed by atoms with E-state index in [4.69, 9.17) is 0 Å². The molecule has 0 spiro atoms. The Hall–Kier alpha value is -2.93. The molecule has 3 aliphatic rings. The maximum atomic E-state index is 12.7. The summed E-state index contributed by atoms with van der Waals surface area (Å²) in [6, 6.07) is 10.2. The lowest BCUT2D eigenvalue weighted by Gasteiger charge is -2.29. The van der Waals surface area contributed by atoms with Gasteiger partial charge in [0.15, 0.2) is 0 Å². The minimum Gasteiger partial charge on any atom is -0.359 e. The summed E-state index contributed by atoms with van der Waals surface area (Å²) in [5.41, 5.74) is 3.56. The molecule has 1 aliphatic carbocycles. The number of pyridine rings is 1. The van der Waals surface area contributed by atoms with Crippen LogP contribution in [0.15, 0.2) is 36.5 Å². The number of rotatable bonds is 7. The summed E-state index contributed by atoms with van der Waals surface area (Å²) in [6.07, 6.45) is 6.49. The Morgan fingerprint density at radius 3 is 2.61 bits per heavy atom. The van der Waals surface area contributed by atoms with Crippen LogP contribution in [0.25, 0.3) is 0 Å². The maximum absolute atomic E-state index is 12.7. The number of benzene rings is 1. The summed E-state index contributed by atoms with van der Waals surface area (Å²) in [5.74, 6) is 1.10. The summed E-state index contributed by atoms with van der Waals surface area (Å²) in [7, 11) is 0. The number of hydrogen-bond acceptors (Lipinski definition) is 5. The van der Waals surface area contributed by atoms with E-state index in [-0.39, 0.29) is 18.4 Å². The van der Waals surface area contributed by atoms with Crippen molar-refractivity contribution < 1.29 is 9.59 Å². The summed E-state index contributed by atoms with van der Waals surface area (Å²) >= 11 is 0. The van der Waals surface area contributed by atoms with Crippen molar-refractivity contribution in [3.63, 3.8) is 0 Å². The second kappa shape index (κ2) is 8.67. The predicted octanol–water partition coefficient (Wildman–Crippen LogP) is 2.78. The molecule has 5 rings (SSSR count). The fraction of sp³-hybridized carbons (Fsp3) is 0.458. The van der Waals surface area contributed by atoms with Crippen LogP contribution in [0.3, 0.4) is 0 Å². The van der Waals surface area contributed by atoms with E-state index in [9.17, 15) is 9.59 Å². The first-order valence-corrected chi connectivity index (χ1v) is 11.3. The van der Waals surface area contributed by atoms with Crippen molar-refractivity contribution in [1.82, 2.24) is 15.2 Å². The van der Waals surface area contributed by atoms with Gasteiger partial charge >= 0.3 is 0 Å². The van der Waals surface area contributed by atoms with Gasteiger partial charge in [-0.15, -0.1) is 0 Å². The van der Waals surface area contributed by atoms with Crippen LogP contribution in [0, 0.1) is 5.92 Å². The molecule has 0 atom stereocenters. The number of nitrogens with one attached hydrogen (secondary N) is 2. The minimum atomic E-state index is -0.180. The largest absolute Gasteiger partial charge is 0.359 e. The molecule has 7 nitrogen and oxygen atoms in total. The third-order valence-corrected chi connectivity index (χ3v) is 6.35. The number of fused-ring (bicyclic) bond motifs is 1. The van der Waals surface area contributed by atoms with E-state index in [1.165, 1.54) is 31.5 Å². The van der Waals surface area contributed by atoms with E-state index in [1.807, 2.05) is 0 Å². The van der Waals surface area contributed by atoms with Gasteiger partial charge < -0.3 is 15.5 Å². The SMILES string of the molecule is O=C(NCc1ccc(CN2CCCC2)cc1)c1cnc2c(c1)N(CC1CC1)C(=O)CN2. The molecular weight excluding hydrogens is 390 g/mol. The van der Waals surface area contributed by atoms with Crippen LogP contribution in [-0.2, 0) is 17.9 Å². The zero-order valence-electron chi connectivity index (χ0n) is 17.8. The van der Waals surface area contributed by atoms with Crippen molar-refractivity contribution in [3.05, 3.63) is 53.2 Å². The third-order valence-electron chi connectivity index (χ3n) is 6.35. The molecule has 0 unspecified atom stereocenters. The summed E-state index contributed by atoms with van der Waals surface area (Å²) in [4.78, 5) is 33.8. The van der Waals surface area contributed by atoms with Crippen LogP contribution in [-0.4, -0.2) is 47.9 Å². The smallest absolute Gasteiger partial charge is 0.253 e. The number of anilines is 2. The molecule has 1 aromatic carbocycles. The topological polar surface area (TPSA) is 77.6 Å². The third kappa shape index (κ3) is 4.71. The fourth-order valence-electron chi connectivity index (χ4n) is 4.31. The zero-order valence-corrected chi connectivity index (χ0v) is 17.8. The van der Waals surface area contributed by atoms with Gasteiger partial charge in [0.1, 0.15) is 5.82 Å². The molecular formula is C24H29N5O2. The molecule has 0 bridgehead atoms. The molecule has 2 fully saturated rings. The van der Waals surface area contributed by atoms with E-state index in [0.29, 0.717) is 36.1 Å². The molecule has 1 saturated heterocycles. The summed E-state index contributed by atoms with van der Waals surface area (Å²) < 4.78 is 0. The molecule has 31 heavy (non-hydrogen) atoms. The number of likely N-dealkylation sites (tertiary alicyclic amines) is 1. The second-order valence-electron chi connectivity index (χ2n) is 8.88. The molecule has 3 heterocycles. The van der Waals surface area contributed by atoms with E-state index in [0.717, 1.165) is 24.9 Å². The number of hydrogen-bond donors (Lipinski definition) is 2. The first-order valence-electron chi connectivity index (χ1n) is 11.3. The average Bonchev–Trinajstić information content (AvgIpc) is 3.47. The highest BCUT2D eigenvalue weighted by Crippen LogP contribution is 2.35. The lowest BCUT2D eigenvalue weighted by Crippen LogP contribution is -2.41. The van der Waals surface area contributed by atoms with Crippen LogP contribution >= 0.6 is 0 Å². The van der Waals surface area contributed by atoms with Gasteiger partial charge in [0.05, 0.1) is 17.8 Å². The molecule has 1 saturated carbocycles. The monoisotopic (exact) mass is 419 g/mol. The number of aromatic nitrogens is 1. The Morgan fingerprint density at radius 1 is 1.13 bits per heavy atom. The first-order chi connectivity index (χ1) is 15.2. The molecule has 2 amide bonds. The zero-order chi connectivity index (χ0) is 21.2. The van der Waals surface area contributed by atoms with Crippen LogP contribution in [0.4, 0.5) is 11.5 Å². The van der Waals surface area contributed by atoms with Crippen molar-refractivity contribution in [2.45, 2.75) is 38.8 Å². The summed E-state index contributed by atoms with van der Waals surface area (Å²) in [6.45, 7) is 4.80. The Bertz CT molecular complexity index is 964. The van der Waals surface area contributed by atoms with E-state index < -0.39 is 0 Å². The van der Waals surface area contributed by atoms with Crippen molar-refractivity contribution in [2.75, 3.05) is 36.4 Å². The van der Waals surface area contributed by atoms with Crippen LogP contribution in [0.1, 0.15) is 47.2 Å². The first kappa shape index (κ1) is 20.0. The Labute approximate surface area is 182 Å². The molecule has 162 valence electrons. The van der Waals surface area contributed by atoms with Crippen molar-refractivity contribution in [3.8, 4) is 0 Å². The molecule has 7 heteroatoms. The van der Waals surface area contributed by atoms with Gasteiger partial charge in [-0.3, -0.25) is 14.5 Å². The Kier molecular flexibility index (Phi) is 5.59. The van der Waals surface area contributed by atoms with Crippen molar-refractivity contribution in [2.24, 2.45) is 5.92 Å². The normalized spacial score (nSPS) is 18.6. The highest BCUT2D eigenvalue weighted by atomic mass is 16.2. The molecule has 2 aromatic rings. The van der Waals surface area contributed by atoms with Crippen molar-refractivity contribution >= 4 is 23.3 Å². The maximum Gasteiger partial charge on any atom is 0.253 e. The highest BCUT2D eigenvalue weighted by Gasteiger charge is 2.32. The van der Waals surface area contributed by atoms with Crippen LogP contribution in [0.2, 0.25) is 0 Å². The standard InChI is InChI=1S/C24H29N5O2/c30-22-14-26-23-21(29(22)16-19-7-8-19)11-20(13-25-23)24(31)27-12-17-3-5-18(6-4-17)15-28-9-1-2-10-28/h3-6,11,13,19H,1-2,7-10,12,14-16H2,(H,25,26)(H,27,31). The molecule has 2 N–H and O–H groups in total. The summed E-state index contributed by atoms with van der Waals surface area (Å²) in [5, 5.41) is 6.03. The van der Waals surface area contributed by atoms with Gasteiger partial charge in [0, 0.05) is 25.8 Å². The van der Waals surface area contributed by atoms with Gasteiger partial charge in [0.25, 0.3) is 5.91 Å². The number of amides is 2. The quantitative estimate of drug-likeness (QED) is 0.722.